The van der Waals surface area contributed by atoms with Gasteiger partial charge in [0.25, 0.3) is 0 Å². The first-order valence-corrected chi connectivity index (χ1v) is 7.05. The lowest BCUT2D eigenvalue weighted by Gasteiger charge is -2.23. The quantitative estimate of drug-likeness (QED) is 0.713. The monoisotopic (exact) mass is 256 g/mol. The van der Waals surface area contributed by atoms with E-state index in [-0.39, 0.29) is 17.5 Å². The molecule has 0 aromatic heterocycles. The molecule has 1 aliphatic carbocycles. The van der Waals surface area contributed by atoms with Gasteiger partial charge in [0, 0.05) is 12.1 Å². The van der Waals surface area contributed by atoms with Gasteiger partial charge in [-0.05, 0) is 40.5 Å². The maximum atomic E-state index is 11.8. The molecule has 2 N–H and O–H groups in total. The van der Waals surface area contributed by atoms with E-state index < -0.39 is 0 Å². The maximum absolute atomic E-state index is 11.8. The summed E-state index contributed by atoms with van der Waals surface area (Å²) in [5, 5.41) is 6.15. The van der Waals surface area contributed by atoms with E-state index in [9.17, 15) is 4.79 Å². The van der Waals surface area contributed by atoms with Gasteiger partial charge in [-0.25, -0.2) is 0 Å². The van der Waals surface area contributed by atoms with Crippen molar-refractivity contribution in [2.24, 2.45) is 0 Å². The van der Waals surface area contributed by atoms with Crippen molar-refractivity contribution in [3.8, 4) is 0 Å². The van der Waals surface area contributed by atoms with E-state index in [1.165, 1.54) is 25.7 Å². The Balaban J connectivity index is 2.08. The Morgan fingerprint density at radius 3 is 2.50 bits per heavy atom. The SMILES string of the molecule is CC(NCCOC1CCCC1)C(=O)NC(C)(C)C. The number of carbonyl (C=O) groups is 1. The summed E-state index contributed by atoms with van der Waals surface area (Å²) in [6.45, 7) is 9.27. The third-order valence-corrected chi connectivity index (χ3v) is 3.10. The standard InChI is InChI=1S/C14H28N2O2/c1-11(13(17)16-14(2,3)4)15-9-10-18-12-7-5-6-8-12/h11-12,15H,5-10H2,1-4H3,(H,16,17). The van der Waals surface area contributed by atoms with Gasteiger partial charge >= 0.3 is 0 Å². The minimum atomic E-state index is -0.173. The molecular weight excluding hydrogens is 228 g/mol. The van der Waals surface area contributed by atoms with Gasteiger partial charge in [-0.3, -0.25) is 4.79 Å². The first-order valence-electron chi connectivity index (χ1n) is 7.05. The summed E-state index contributed by atoms with van der Waals surface area (Å²) in [4.78, 5) is 11.8. The molecule has 18 heavy (non-hydrogen) atoms. The average molecular weight is 256 g/mol. The first-order chi connectivity index (χ1) is 8.38. The van der Waals surface area contributed by atoms with Crippen molar-refractivity contribution >= 4 is 5.91 Å². The molecule has 0 aliphatic heterocycles. The van der Waals surface area contributed by atoms with E-state index in [4.69, 9.17) is 4.74 Å². The molecule has 4 heteroatoms. The summed E-state index contributed by atoms with van der Waals surface area (Å²) in [5.74, 6) is 0.0448. The second-order valence-corrected chi connectivity index (χ2v) is 6.19. The van der Waals surface area contributed by atoms with Gasteiger partial charge in [0.1, 0.15) is 0 Å². The fourth-order valence-corrected chi connectivity index (χ4v) is 2.13. The summed E-state index contributed by atoms with van der Waals surface area (Å²) in [7, 11) is 0. The highest BCUT2D eigenvalue weighted by atomic mass is 16.5. The largest absolute Gasteiger partial charge is 0.377 e. The second kappa shape index (κ2) is 7.10. The highest BCUT2D eigenvalue weighted by Gasteiger charge is 2.19. The Labute approximate surface area is 111 Å². The number of hydrogen-bond donors (Lipinski definition) is 2. The van der Waals surface area contributed by atoms with Crippen LogP contribution in [-0.2, 0) is 9.53 Å². The van der Waals surface area contributed by atoms with Crippen molar-refractivity contribution in [3.05, 3.63) is 0 Å². The molecule has 1 atom stereocenters. The van der Waals surface area contributed by atoms with Crippen LogP contribution in [0.4, 0.5) is 0 Å². The average Bonchev–Trinajstić information content (AvgIpc) is 2.74. The zero-order valence-corrected chi connectivity index (χ0v) is 12.2. The van der Waals surface area contributed by atoms with Gasteiger partial charge in [-0.1, -0.05) is 12.8 Å². The number of rotatable bonds is 6. The fourth-order valence-electron chi connectivity index (χ4n) is 2.13. The van der Waals surface area contributed by atoms with Gasteiger partial charge in [-0.15, -0.1) is 0 Å². The Bertz CT molecular complexity index is 255. The molecule has 0 radical (unpaired) electrons. The van der Waals surface area contributed by atoms with Crippen molar-refractivity contribution in [2.45, 2.75) is 71.1 Å². The molecule has 0 saturated heterocycles. The maximum Gasteiger partial charge on any atom is 0.237 e. The summed E-state index contributed by atoms with van der Waals surface area (Å²) >= 11 is 0. The first kappa shape index (κ1) is 15.4. The van der Waals surface area contributed by atoms with Crippen LogP contribution in [0.5, 0.6) is 0 Å². The molecule has 1 unspecified atom stereocenters. The number of nitrogens with one attached hydrogen (secondary N) is 2. The molecule has 106 valence electrons. The molecule has 0 spiro atoms. The summed E-state index contributed by atoms with van der Waals surface area (Å²) in [5.41, 5.74) is -0.173. The number of carbonyl (C=O) groups excluding carboxylic acids is 1. The molecule has 0 heterocycles. The van der Waals surface area contributed by atoms with E-state index in [0.717, 1.165) is 6.54 Å². The lowest BCUT2D eigenvalue weighted by Crippen LogP contribution is -2.50. The van der Waals surface area contributed by atoms with Crippen molar-refractivity contribution in [1.82, 2.24) is 10.6 Å². The smallest absolute Gasteiger partial charge is 0.237 e. The van der Waals surface area contributed by atoms with Gasteiger partial charge in [0.15, 0.2) is 0 Å². The Morgan fingerprint density at radius 2 is 1.94 bits per heavy atom. The Kier molecular flexibility index (Phi) is 6.09. The molecule has 1 fully saturated rings. The number of ether oxygens (including phenoxy) is 1. The van der Waals surface area contributed by atoms with E-state index in [1.807, 2.05) is 27.7 Å². The Hall–Kier alpha value is -0.610. The van der Waals surface area contributed by atoms with Gasteiger partial charge in [-0.2, -0.15) is 0 Å². The van der Waals surface area contributed by atoms with Gasteiger partial charge < -0.3 is 15.4 Å². The van der Waals surface area contributed by atoms with Gasteiger partial charge in [0.05, 0.1) is 18.8 Å². The molecule has 4 nitrogen and oxygen atoms in total. The lowest BCUT2D eigenvalue weighted by atomic mass is 10.1. The molecular formula is C14H28N2O2. The minimum Gasteiger partial charge on any atom is -0.377 e. The van der Waals surface area contributed by atoms with E-state index in [2.05, 4.69) is 10.6 Å². The predicted octanol–water partition coefficient (Wildman–Crippen LogP) is 1.84. The molecule has 0 aromatic carbocycles. The molecule has 0 aromatic rings. The zero-order valence-electron chi connectivity index (χ0n) is 12.2. The van der Waals surface area contributed by atoms with Crippen molar-refractivity contribution in [1.29, 1.82) is 0 Å². The topological polar surface area (TPSA) is 50.4 Å². The van der Waals surface area contributed by atoms with E-state index in [0.29, 0.717) is 12.7 Å². The molecule has 1 saturated carbocycles. The third-order valence-electron chi connectivity index (χ3n) is 3.10. The molecule has 1 rings (SSSR count). The summed E-state index contributed by atoms with van der Waals surface area (Å²) in [6, 6.07) is -0.170. The van der Waals surface area contributed by atoms with Crippen LogP contribution in [0.25, 0.3) is 0 Å². The van der Waals surface area contributed by atoms with Crippen LogP contribution < -0.4 is 10.6 Å². The van der Waals surface area contributed by atoms with E-state index >= 15 is 0 Å². The van der Waals surface area contributed by atoms with Crippen molar-refractivity contribution < 1.29 is 9.53 Å². The van der Waals surface area contributed by atoms with Crippen molar-refractivity contribution in [2.75, 3.05) is 13.2 Å². The summed E-state index contributed by atoms with van der Waals surface area (Å²) in [6.07, 6.45) is 5.43. The van der Waals surface area contributed by atoms with Crippen LogP contribution in [0.2, 0.25) is 0 Å². The summed E-state index contributed by atoms with van der Waals surface area (Å²) < 4.78 is 5.74. The van der Waals surface area contributed by atoms with Crippen LogP contribution in [-0.4, -0.2) is 36.7 Å². The van der Waals surface area contributed by atoms with Crippen LogP contribution in [0.1, 0.15) is 53.4 Å². The van der Waals surface area contributed by atoms with E-state index in [1.54, 1.807) is 0 Å². The third kappa shape index (κ3) is 6.36. The van der Waals surface area contributed by atoms with Gasteiger partial charge in [0.2, 0.25) is 5.91 Å². The minimum absolute atomic E-state index is 0.0448. The van der Waals surface area contributed by atoms with Crippen LogP contribution in [0, 0.1) is 0 Å². The zero-order chi connectivity index (χ0) is 13.6. The van der Waals surface area contributed by atoms with Crippen LogP contribution in [0.15, 0.2) is 0 Å². The molecule has 0 bridgehead atoms. The fraction of sp³-hybridized carbons (Fsp3) is 0.929. The highest BCUT2D eigenvalue weighted by Crippen LogP contribution is 2.20. The predicted molar refractivity (Wildman–Crippen MR) is 73.6 cm³/mol. The number of hydrogen-bond acceptors (Lipinski definition) is 3. The highest BCUT2D eigenvalue weighted by molar-refractivity contribution is 5.81. The van der Waals surface area contributed by atoms with Crippen molar-refractivity contribution in [3.63, 3.8) is 0 Å². The second-order valence-electron chi connectivity index (χ2n) is 6.19. The molecule has 1 aliphatic rings. The van der Waals surface area contributed by atoms with Crippen LogP contribution in [0.3, 0.4) is 0 Å². The Morgan fingerprint density at radius 1 is 1.33 bits per heavy atom. The number of amides is 1. The lowest BCUT2D eigenvalue weighted by molar-refractivity contribution is -0.124. The normalized spacial score (nSPS) is 18.9. The van der Waals surface area contributed by atoms with Crippen LogP contribution >= 0.6 is 0 Å². The molecule has 1 amide bonds.